The number of fused-ring (bicyclic) bond motifs is 1. The molecule has 0 aliphatic heterocycles. The van der Waals surface area contributed by atoms with Gasteiger partial charge in [-0.3, -0.25) is 10.1 Å². The lowest BCUT2D eigenvalue weighted by Crippen LogP contribution is -2.32. The second kappa shape index (κ2) is 8.37. The van der Waals surface area contributed by atoms with Crippen LogP contribution in [0.2, 0.25) is 0 Å². The summed E-state index contributed by atoms with van der Waals surface area (Å²) in [4.78, 5) is 27.8. The standard InChI is InChI=1S/C16H13F2N3O4S2/c17-11(18)7-25-16(24)21-12(22)8-5-6-26-14(8)20-13(23)15-19-9-3-1-2-4-10(9)27-15/h1-6,11,13,20,23H,7H2,(H,21,22,24). The molecule has 0 aliphatic carbocycles. The van der Waals surface area contributed by atoms with E-state index in [1.807, 2.05) is 29.6 Å². The number of anilines is 1. The summed E-state index contributed by atoms with van der Waals surface area (Å²) in [5, 5.41) is 17.3. The molecule has 0 saturated carbocycles. The number of nitrogens with one attached hydrogen (secondary N) is 2. The summed E-state index contributed by atoms with van der Waals surface area (Å²) in [5.74, 6) is -0.838. The molecule has 1 aromatic carbocycles. The number of thiophene rings is 1. The lowest BCUT2D eigenvalue weighted by atomic mass is 10.3. The molecule has 27 heavy (non-hydrogen) atoms. The molecule has 7 nitrogen and oxygen atoms in total. The van der Waals surface area contributed by atoms with Gasteiger partial charge in [-0.05, 0) is 23.6 Å². The van der Waals surface area contributed by atoms with Crippen LogP contribution in [0.15, 0.2) is 35.7 Å². The molecule has 3 rings (SSSR count). The third-order valence-electron chi connectivity index (χ3n) is 3.28. The number of hydrogen-bond acceptors (Lipinski definition) is 8. The van der Waals surface area contributed by atoms with E-state index in [0.717, 1.165) is 21.6 Å². The first-order chi connectivity index (χ1) is 12.9. The van der Waals surface area contributed by atoms with Crippen molar-refractivity contribution in [1.82, 2.24) is 10.3 Å². The fourth-order valence-corrected chi connectivity index (χ4v) is 3.84. The molecule has 11 heteroatoms. The predicted octanol–water partition coefficient (Wildman–Crippen LogP) is 3.59. The summed E-state index contributed by atoms with van der Waals surface area (Å²) in [5.41, 5.74) is 0.804. The molecular formula is C16H13F2N3O4S2. The maximum Gasteiger partial charge on any atom is 0.414 e. The number of hydrogen-bond donors (Lipinski definition) is 3. The van der Waals surface area contributed by atoms with Crippen LogP contribution >= 0.6 is 22.7 Å². The fraction of sp³-hybridized carbons (Fsp3) is 0.188. The number of aliphatic hydroxyl groups excluding tert-OH is 1. The van der Waals surface area contributed by atoms with Crippen LogP contribution in [0, 0.1) is 0 Å². The molecule has 0 radical (unpaired) electrons. The lowest BCUT2D eigenvalue weighted by molar-refractivity contribution is 0.0477. The van der Waals surface area contributed by atoms with Crippen LogP contribution in [0.5, 0.6) is 0 Å². The van der Waals surface area contributed by atoms with Gasteiger partial charge in [0.2, 0.25) is 0 Å². The van der Waals surface area contributed by atoms with Gasteiger partial charge in [-0.1, -0.05) is 12.1 Å². The number of alkyl halides is 2. The maximum absolute atomic E-state index is 12.1. The Hall–Kier alpha value is -2.63. The van der Waals surface area contributed by atoms with Gasteiger partial charge in [-0.15, -0.1) is 22.7 Å². The molecule has 2 amide bonds. The molecule has 142 valence electrons. The van der Waals surface area contributed by atoms with E-state index in [1.165, 1.54) is 17.4 Å². The van der Waals surface area contributed by atoms with E-state index in [1.54, 1.807) is 5.38 Å². The van der Waals surface area contributed by atoms with Gasteiger partial charge in [0.25, 0.3) is 12.3 Å². The van der Waals surface area contributed by atoms with Gasteiger partial charge >= 0.3 is 6.09 Å². The highest BCUT2D eigenvalue weighted by Gasteiger charge is 2.20. The van der Waals surface area contributed by atoms with Crippen molar-refractivity contribution in [3.8, 4) is 0 Å². The smallest absolute Gasteiger partial charge is 0.414 e. The highest BCUT2D eigenvalue weighted by Crippen LogP contribution is 2.30. The molecule has 0 bridgehead atoms. The summed E-state index contributed by atoms with van der Waals surface area (Å²) in [6.07, 6.45) is -5.27. The van der Waals surface area contributed by atoms with Gasteiger partial charge in [0.1, 0.15) is 10.0 Å². The zero-order chi connectivity index (χ0) is 19.4. The number of thiazole rings is 1. The van der Waals surface area contributed by atoms with E-state index in [0.29, 0.717) is 10.0 Å². The number of alkyl carbamates (subject to hydrolysis) is 1. The highest BCUT2D eigenvalue weighted by atomic mass is 32.1. The predicted molar refractivity (Wildman–Crippen MR) is 97.3 cm³/mol. The number of imide groups is 1. The Morgan fingerprint density at radius 1 is 1.26 bits per heavy atom. The number of halogens is 2. The van der Waals surface area contributed by atoms with Crippen LogP contribution in [-0.2, 0) is 4.74 Å². The minimum Gasteiger partial charge on any atom is -0.443 e. The largest absolute Gasteiger partial charge is 0.443 e. The number of carbonyl (C=O) groups is 2. The van der Waals surface area contributed by atoms with Gasteiger partial charge in [0.15, 0.2) is 12.8 Å². The first-order valence-electron chi connectivity index (χ1n) is 7.58. The van der Waals surface area contributed by atoms with Crippen LogP contribution in [0.25, 0.3) is 10.2 Å². The number of amides is 2. The summed E-state index contributed by atoms with van der Waals surface area (Å²) in [6.45, 7) is -1.11. The molecule has 2 heterocycles. The van der Waals surface area contributed by atoms with E-state index in [2.05, 4.69) is 15.0 Å². The average Bonchev–Trinajstić information content (AvgIpc) is 3.26. The molecule has 1 unspecified atom stereocenters. The summed E-state index contributed by atoms with van der Waals surface area (Å²) in [6, 6.07) is 8.81. The van der Waals surface area contributed by atoms with Gasteiger partial charge in [0.05, 0.1) is 15.8 Å². The van der Waals surface area contributed by atoms with Gasteiger partial charge < -0.3 is 15.2 Å². The summed E-state index contributed by atoms with van der Waals surface area (Å²) < 4.78 is 29.1. The maximum atomic E-state index is 12.1. The molecule has 1 atom stereocenters. The first kappa shape index (κ1) is 19.1. The van der Waals surface area contributed by atoms with Gasteiger partial charge in [-0.25, -0.2) is 18.6 Å². The zero-order valence-corrected chi connectivity index (χ0v) is 15.2. The van der Waals surface area contributed by atoms with E-state index in [9.17, 15) is 23.5 Å². The van der Waals surface area contributed by atoms with E-state index < -0.39 is 31.3 Å². The van der Waals surface area contributed by atoms with Gasteiger partial charge in [0, 0.05) is 0 Å². The number of aliphatic hydroxyl groups is 1. The molecular weight excluding hydrogens is 400 g/mol. The SMILES string of the molecule is O=C(NC(=O)c1ccsc1NC(O)c1nc2ccccc2s1)OCC(F)F. The van der Waals surface area contributed by atoms with Crippen LogP contribution in [0.4, 0.5) is 18.6 Å². The Morgan fingerprint density at radius 2 is 2.04 bits per heavy atom. The van der Waals surface area contributed by atoms with Crippen LogP contribution in [0.1, 0.15) is 21.6 Å². The van der Waals surface area contributed by atoms with Crippen molar-refractivity contribution in [3.63, 3.8) is 0 Å². The molecule has 3 N–H and O–H groups in total. The number of ether oxygens (including phenoxy) is 1. The number of para-hydroxylation sites is 1. The number of benzene rings is 1. The quantitative estimate of drug-likeness (QED) is 0.534. The topological polar surface area (TPSA) is 101 Å². The Balaban J connectivity index is 1.67. The van der Waals surface area contributed by atoms with E-state index in [-0.39, 0.29) is 5.56 Å². The molecule has 0 aliphatic rings. The summed E-state index contributed by atoms with van der Waals surface area (Å²) in [7, 11) is 0. The molecule has 3 aromatic rings. The monoisotopic (exact) mass is 413 g/mol. The molecule has 0 spiro atoms. The van der Waals surface area contributed by atoms with Crippen molar-refractivity contribution in [2.45, 2.75) is 12.7 Å². The summed E-state index contributed by atoms with van der Waals surface area (Å²) >= 11 is 2.42. The first-order valence-corrected chi connectivity index (χ1v) is 9.27. The second-order valence-electron chi connectivity index (χ2n) is 5.17. The Labute approximate surface area is 159 Å². The lowest BCUT2D eigenvalue weighted by Gasteiger charge is -2.12. The van der Waals surface area contributed by atoms with Crippen molar-refractivity contribution in [1.29, 1.82) is 0 Å². The Bertz CT molecular complexity index is 927. The molecule has 2 aromatic heterocycles. The Morgan fingerprint density at radius 3 is 2.78 bits per heavy atom. The molecule has 0 fully saturated rings. The zero-order valence-electron chi connectivity index (χ0n) is 13.5. The van der Waals surface area contributed by atoms with Crippen molar-refractivity contribution in [2.75, 3.05) is 11.9 Å². The van der Waals surface area contributed by atoms with Crippen molar-refractivity contribution < 1.29 is 28.2 Å². The second-order valence-corrected chi connectivity index (χ2v) is 7.15. The third kappa shape index (κ3) is 4.76. The van der Waals surface area contributed by atoms with Gasteiger partial charge in [-0.2, -0.15) is 0 Å². The van der Waals surface area contributed by atoms with E-state index >= 15 is 0 Å². The van der Waals surface area contributed by atoms with Crippen LogP contribution < -0.4 is 10.6 Å². The minimum absolute atomic E-state index is 0.0640. The molecule has 0 saturated heterocycles. The fourth-order valence-electron chi connectivity index (χ4n) is 2.13. The van der Waals surface area contributed by atoms with Crippen molar-refractivity contribution in [2.24, 2.45) is 0 Å². The Kier molecular flexibility index (Phi) is 5.94. The third-order valence-corrected chi connectivity index (χ3v) is 5.21. The van der Waals surface area contributed by atoms with Crippen LogP contribution in [-0.4, -0.2) is 35.1 Å². The van der Waals surface area contributed by atoms with Crippen molar-refractivity contribution in [3.05, 3.63) is 46.3 Å². The van der Waals surface area contributed by atoms with Crippen LogP contribution in [0.3, 0.4) is 0 Å². The normalized spacial score (nSPS) is 12.1. The number of nitrogens with zero attached hydrogens (tertiary/aromatic N) is 1. The number of carbonyl (C=O) groups excluding carboxylic acids is 2. The number of rotatable bonds is 6. The minimum atomic E-state index is -2.83. The van der Waals surface area contributed by atoms with E-state index in [4.69, 9.17) is 0 Å². The number of aromatic nitrogens is 1. The average molecular weight is 413 g/mol. The van der Waals surface area contributed by atoms with Crippen molar-refractivity contribution >= 4 is 49.9 Å². The highest BCUT2D eigenvalue weighted by molar-refractivity contribution is 7.18.